The number of aliphatic hydroxyl groups is 1. The second-order valence-corrected chi connectivity index (χ2v) is 4.02. The summed E-state index contributed by atoms with van der Waals surface area (Å²) in [6, 6.07) is 2.35. The van der Waals surface area contributed by atoms with Gasteiger partial charge in [0.1, 0.15) is 5.82 Å². The highest BCUT2D eigenvalue weighted by Crippen LogP contribution is 2.42. The molecule has 2 N–H and O–H groups in total. The van der Waals surface area contributed by atoms with Crippen molar-refractivity contribution in [3.63, 3.8) is 0 Å². The fraction of sp³-hybridized carbons (Fsp3) is 0.455. The van der Waals surface area contributed by atoms with Crippen LogP contribution in [0.4, 0.5) is 4.39 Å². The average Bonchev–Trinajstić information content (AvgIpc) is 2.89. The van der Waals surface area contributed by atoms with E-state index in [1.807, 2.05) is 0 Å². The normalized spacial score (nSPS) is 17.5. The van der Waals surface area contributed by atoms with E-state index in [2.05, 4.69) is 0 Å². The van der Waals surface area contributed by atoms with Gasteiger partial charge in [0.05, 0.1) is 12.7 Å². The molecule has 0 unspecified atom stereocenters. The Balaban J connectivity index is 2.32. The van der Waals surface area contributed by atoms with Gasteiger partial charge in [0.15, 0.2) is 11.5 Å². The number of benzene rings is 1. The van der Waals surface area contributed by atoms with Gasteiger partial charge in [-0.1, -0.05) is 0 Å². The molecule has 0 amide bonds. The molecular formula is C11H13FO3. The summed E-state index contributed by atoms with van der Waals surface area (Å²) in [5.74, 6) is -0.447. The summed E-state index contributed by atoms with van der Waals surface area (Å²) in [5, 5.41) is 19.4. The van der Waals surface area contributed by atoms with Crippen molar-refractivity contribution >= 4 is 0 Å². The molecule has 0 aromatic heterocycles. The maximum Gasteiger partial charge on any atom is 0.163 e. The molecule has 0 saturated heterocycles. The lowest BCUT2D eigenvalue weighted by Crippen LogP contribution is -2.11. The molecule has 0 radical (unpaired) electrons. The first kappa shape index (κ1) is 10.2. The molecule has 1 aliphatic rings. The van der Waals surface area contributed by atoms with Gasteiger partial charge in [0.2, 0.25) is 0 Å². The van der Waals surface area contributed by atoms with Crippen molar-refractivity contribution in [3.8, 4) is 11.5 Å². The lowest BCUT2D eigenvalue weighted by Gasteiger charge is -2.12. The summed E-state index contributed by atoms with van der Waals surface area (Å²) in [7, 11) is 1.37. The van der Waals surface area contributed by atoms with Crippen LogP contribution in [0.1, 0.15) is 18.4 Å². The van der Waals surface area contributed by atoms with Crippen LogP contribution in [0.3, 0.4) is 0 Å². The third-order valence-electron chi connectivity index (χ3n) is 2.69. The van der Waals surface area contributed by atoms with Gasteiger partial charge in [-0.05, 0) is 18.9 Å². The topological polar surface area (TPSA) is 49.7 Å². The summed E-state index contributed by atoms with van der Waals surface area (Å²) < 4.78 is 17.9. The maximum atomic E-state index is 13.1. The molecule has 2 rings (SSSR count). The van der Waals surface area contributed by atoms with Crippen LogP contribution in [0.5, 0.6) is 11.5 Å². The van der Waals surface area contributed by atoms with E-state index in [-0.39, 0.29) is 17.9 Å². The Morgan fingerprint density at radius 3 is 2.67 bits per heavy atom. The Labute approximate surface area is 87.1 Å². The molecular weight excluding hydrogens is 199 g/mol. The third-order valence-corrected chi connectivity index (χ3v) is 2.69. The molecule has 0 atom stereocenters. The minimum absolute atomic E-state index is 0.0841. The highest BCUT2D eigenvalue weighted by Gasteiger charge is 2.41. The van der Waals surface area contributed by atoms with Gasteiger partial charge < -0.3 is 14.9 Å². The van der Waals surface area contributed by atoms with Crippen molar-refractivity contribution in [1.29, 1.82) is 0 Å². The van der Waals surface area contributed by atoms with Crippen molar-refractivity contribution < 1.29 is 19.3 Å². The number of halogens is 1. The number of methoxy groups -OCH3 is 1. The summed E-state index contributed by atoms with van der Waals surface area (Å²) >= 11 is 0. The standard InChI is InChI=1S/C11H13FO3/c1-15-9-5-8(12)4-7(10(9)13)6-11(14)2-3-11/h4-5,13-14H,2-3,6H2,1H3. The molecule has 1 saturated carbocycles. The monoisotopic (exact) mass is 212 g/mol. The van der Waals surface area contributed by atoms with Crippen LogP contribution in [0.25, 0.3) is 0 Å². The van der Waals surface area contributed by atoms with Crippen molar-refractivity contribution in [3.05, 3.63) is 23.5 Å². The minimum Gasteiger partial charge on any atom is -0.504 e. The van der Waals surface area contributed by atoms with E-state index in [0.29, 0.717) is 18.4 Å². The third kappa shape index (κ3) is 2.04. The van der Waals surface area contributed by atoms with E-state index in [9.17, 15) is 14.6 Å². The number of phenols is 1. The Bertz CT molecular complexity index is 386. The van der Waals surface area contributed by atoms with E-state index in [1.54, 1.807) is 0 Å². The van der Waals surface area contributed by atoms with Crippen LogP contribution in [0.15, 0.2) is 12.1 Å². The molecule has 1 aromatic carbocycles. The zero-order valence-corrected chi connectivity index (χ0v) is 8.46. The van der Waals surface area contributed by atoms with Gasteiger partial charge >= 0.3 is 0 Å². The maximum absolute atomic E-state index is 13.1. The molecule has 0 heterocycles. The summed E-state index contributed by atoms with van der Waals surface area (Å²) in [4.78, 5) is 0. The number of aromatic hydroxyl groups is 1. The largest absolute Gasteiger partial charge is 0.504 e. The lowest BCUT2D eigenvalue weighted by molar-refractivity contribution is 0.149. The molecule has 0 bridgehead atoms. The van der Waals surface area contributed by atoms with Crippen LogP contribution in [0, 0.1) is 5.82 Å². The fourth-order valence-electron chi connectivity index (χ4n) is 1.59. The van der Waals surface area contributed by atoms with Crippen LogP contribution in [-0.2, 0) is 6.42 Å². The zero-order chi connectivity index (χ0) is 11.1. The van der Waals surface area contributed by atoms with Gasteiger partial charge in [0, 0.05) is 18.1 Å². The number of hydrogen-bond acceptors (Lipinski definition) is 3. The molecule has 1 fully saturated rings. The van der Waals surface area contributed by atoms with Gasteiger partial charge in [-0.15, -0.1) is 0 Å². The smallest absolute Gasteiger partial charge is 0.163 e. The highest BCUT2D eigenvalue weighted by molar-refractivity contribution is 5.46. The zero-order valence-electron chi connectivity index (χ0n) is 8.46. The SMILES string of the molecule is COc1cc(F)cc(CC2(O)CC2)c1O. The van der Waals surface area contributed by atoms with E-state index in [0.717, 1.165) is 6.07 Å². The van der Waals surface area contributed by atoms with Crippen LogP contribution in [0.2, 0.25) is 0 Å². The van der Waals surface area contributed by atoms with Gasteiger partial charge in [-0.25, -0.2) is 4.39 Å². The molecule has 15 heavy (non-hydrogen) atoms. The van der Waals surface area contributed by atoms with Crippen LogP contribution < -0.4 is 4.74 Å². The van der Waals surface area contributed by atoms with Gasteiger partial charge in [0.25, 0.3) is 0 Å². The minimum atomic E-state index is -0.754. The number of hydrogen-bond donors (Lipinski definition) is 2. The molecule has 4 heteroatoms. The highest BCUT2D eigenvalue weighted by atomic mass is 19.1. The first-order valence-electron chi connectivity index (χ1n) is 4.82. The molecule has 0 aliphatic heterocycles. The van der Waals surface area contributed by atoms with Crippen LogP contribution >= 0.6 is 0 Å². The Morgan fingerprint density at radius 2 is 2.13 bits per heavy atom. The fourth-order valence-corrected chi connectivity index (χ4v) is 1.59. The number of ether oxygens (including phenoxy) is 1. The Morgan fingerprint density at radius 1 is 1.47 bits per heavy atom. The summed E-state index contributed by atoms with van der Waals surface area (Å²) in [6.45, 7) is 0. The Kier molecular flexibility index (Phi) is 2.31. The van der Waals surface area contributed by atoms with Crippen molar-refractivity contribution in [1.82, 2.24) is 0 Å². The lowest BCUT2D eigenvalue weighted by atomic mass is 10.0. The summed E-state index contributed by atoms with van der Waals surface area (Å²) in [6.07, 6.45) is 1.67. The van der Waals surface area contributed by atoms with E-state index in [1.165, 1.54) is 13.2 Å². The van der Waals surface area contributed by atoms with E-state index < -0.39 is 11.4 Å². The van der Waals surface area contributed by atoms with Crippen molar-refractivity contribution in [2.75, 3.05) is 7.11 Å². The van der Waals surface area contributed by atoms with E-state index in [4.69, 9.17) is 4.74 Å². The second kappa shape index (κ2) is 3.38. The van der Waals surface area contributed by atoms with E-state index >= 15 is 0 Å². The Hall–Kier alpha value is -1.29. The quantitative estimate of drug-likeness (QED) is 0.800. The first-order chi connectivity index (χ1) is 7.04. The predicted octanol–water partition coefficient (Wildman–Crippen LogP) is 1.61. The van der Waals surface area contributed by atoms with Crippen molar-refractivity contribution in [2.45, 2.75) is 24.9 Å². The number of phenolic OH excluding ortho intramolecular Hbond substituents is 1. The first-order valence-corrected chi connectivity index (χ1v) is 4.82. The van der Waals surface area contributed by atoms with Crippen LogP contribution in [-0.4, -0.2) is 22.9 Å². The number of rotatable bonds is 3. The van der Waals surface area contributed by atoms with Crippen molar-refractivity contribution in [2.24, 2.45) is 0 Å². The molecule has 1 aliphatic carbocycles. The molecule has 0 spiro atoms. The average molecular weight is 212 g/mol. The molecule has 3 nitrogen and oxygen atoms in total. The summed E-state index contributed by atoms with van der Waals surface area (Å²) in [5.41, 5.74) is -0.358. The van der Waals surface area contributed by atoms with Gasteiger partial charge in [-0.3, -0.25) is 0 Å². The second-order valence-electron chi connectivity index (χ2n) is 4.02. The molecule has 1 aromatic rings. The van der Waals surface area contributed by atoms with Gasteiger partial charge in [-0.2, -0.15) is 0 Å². The molecule has 82 valence electrons. The predicted molar refractivity (Wildman–Crippen MR) is 52.5 cm³/mol.